The molecule has 0 N–H and O–H groups in total. The lowest BCUT2D eigenvalue weighted by Gasteiger charge is -2.11. The minimum absolute atomic E-state index is 0.0299. The summed E-state index contributed by atoms with van der Waals surface area (Å²) < 4.78 is 37.8. The molecule has 0 bridgehead atoms. The summed E-state index contributed by atoms with van der Waals surface area (Å²) in [5.74, 6) is -0.133. The van der Waals surface area contributed by atoms with Gasteiger partial charge in [0.15, 0.2) is 0 Å². The normalized spacial score (nSPS) is 11.6. The number of Topliss-reactive ketones (excluding diaryl/α,β-unsaturated/α-hetero) is 1. The average Bonchev–Trinajstić information content (AvgIpc) is 2.27. The van der Waals surface area contributed by atoms with Gasteiger partial charge in [0.1, 0.15) is 5.78 Å². The lowest BCUT2D eigenvalue weighted by Crippen LogP contribution is -2.09. The van der Waals surface area contributed by atoms with E-state index >= 15 is 0 Å². The van der Waals surface area contributed by atoms with E-state index in [4.69, 9.17) is 0 Å². The van der Waals surface area contributed by atoms with Gasteiger partial charge in [-0.2, -0.15) is 13.2 Å². The van der Waals surface area contributed by atoms with Crippen LogP contribution in [0.1, 0.15) is 23.6 Å². The number of alkyl halides is 4. The fraction of sp³-hybridized carbons (Fsp3) is 0.417. The van der Waals surface area contributed by atoms with Crippen LogP contribution in [-0.2, 0) is 23.8 Å². The van der Waals surface area contributed by atoms with Crippen molar-refractivity contribution >= 4 is 21.7 Å². The Morgan fingerprint density at radius 3 is 2.29 bits per heavy atom. The molecule has 0 aliphatic carbocycles. The van der Waals surface area contributed by atoms with Gasteiger partial charge in [0.05, 0.1) is 10.9 Å². The first-order chi connectivity index (χ1) is 7.86. The Bertz CT molecular complexity index is 413. The Kier molecular flexibility index (Phi) is 4.74. The smallest absolute Gasteiger partial charge is 0.298 e. The molecular formula is C12H12BrF3O. The highest BCUT2D eigenvalue weighted by atomic mass is 79.9. The maximum atomic E-state index is 12.6. The lowest BCUT2D eigenvalue weighted by molar-refractivity contribution is -0.137. The predicted molar refractivity (Wildman–Crippen MR) is 63.3 cm³/mol. The molecule has 17 heavy (non-hydrogen) atoms. The van der Waals surface area contributed by atoms with E-state index in [1.165, 1.54) is 0 Å². The fourth-order valence-corrected chi connectivity index (χ4v) is 1.71. The maximum Gasteiger partial charge on any atom is 0.416 e. The van der Waals surface area contributed by atoms with Gasteiger partial charge in [0, 0.05) is 6.42 Å². The van der Waals surface area contributed by atoms with Crippen LogP contribution in [0.5, 0.6) is 0 Å². The third kappa shape index (κ3) is 4.15. The number of halogens is 4. The second-order valence-electron chi connectivity index (χ2n) is 3.74. The molecule has 0 saturated heterocycles. The first-order valence-electron chi connectivity index (χ1n) is 5.14. The number of carbonyl (C=O) groups excluding carboxylic acids is 1. The number of ketones is 1. The Hall–Kier alpha value is -0.840. The summed E-state index contributed by atoms with van der Waals surface area (Å²) in [6.07, 6.45) is -3.82. The number of hydrogen-bond donors (Lipinski definition) is 0. The minimum atomic E-state index is -4.36. The molecule has 0 radical (unpaired) electrons. The predicted octanol–water partition coefficient (Wildman–Crippen LogP) is 3.77. The van der Waals surface area contributed by atoms with Crippen molar-refractivity contribution in [2.75, 3.05) is 5.33 Å². The van der Waals surface area contributed by atoms with E-state index in [1.54, 1.807) is 13.0 Å². The third-order valence-corrected chi connectivity index (χ3v) is 2.96. The molecule has 0 aliphatic rings. The Labute approximate surface area is 106 Å². The molecule has 0 heterocycles. The van der Waals surface area contributed by atoms with Gasteiger partial charge >= 0.3 is 6.18 Å². The highest BCUT2D eigenvalue weighted by molar-refractivity contribution is 9.09. The zero-order valence-electron chi connectivity index (χ0n) is 9.27. The summed E-state index contributed by atoms with van der Waals surface area (Å²) in [5, 5.41) is 0.157. The van der Waals surface area contributed by atoms with Gasteiger partial charge in [-0.25, -0.2) is 0 Å². The summed E-state index contributed by atoms with van der Waals surface area (Å²) in [6.45, 7) is 1.78. The fourth-order valence-electron chi connectivity index (χ4n) is 1.51. The first kappa shape index (κ1) is 14.2. The average molecular weight is 309 g/mol. The van der Waals surface area contributed by atoms with Crippen LogP contribution in [0, 0.1) is 0 Å². The van der Waals surface area contributed by atoms with Gasteiger partial charge in [-0.15, -0.1) is 0 Å². The van der Waals surface area contributed by atoms with Crippen LogP contribution in [0.2, 0.25) is 0 Å². The van der Waals surface area contributed by atoms with Crippen LogP contribution in [0.15, 0.2) is 18.2 Å². The Morgan fingerprint density at radius 2 is 1.82 bits per heavy atom. The van der Waals surface area contributed by atoms with Crippen molar-refractivity contribution in [3.63, 3.8) is 0 Å². The number of rotatable bonds is 4. The van der Waals surface area contributed by atoms with Gasteiger partial charge in [-0.1, -0.05) is 28.9 Å². The van der Waals surface area contributed by atoms with E-state index in [2.05, 4.69) is 15.9 Å². The molecule has 0 unspecified atom stereocenters. The van der Waals surface area contributed by atoms with Crippen LogP contribution < -0.4 is 0 Å². The van der Waals surface area contributed by atoms with Gasteiger partial charge in [-0.05, 0) is 29.7 Å². The number of carbonyl (C=O) groups is 1. The molecule has 1 nitrogen and oxygen atoms in total. The Balaban J connectivity index is 3.10. The molecular weight excluding hydrogens is 297 g/mol. The van der Waals surface area contributed by atoms with E-state index in [0.29, 0.717) is 17.5 Å². The molecule has 0 aromatic heterocycles. The maximum absolute atomic E-state index is 12.6. The van der Waals surface area contributed by atoms with Crippen LogP contribution >= 0.6 is 15.9 Å². The van der Waals surface area contributed by atoms with E-state index in [0.717, 1.165) is 12.1 Å². The van der Waals surface area contributed by atoms with E-state index < -0.39 is 11.7 Å². The number of aryl methyl sites for hydroxylation is 1. The molecule has 1 aromatic carbocycles. The second kappa shape index (κ2) is 5.67. The summed E-state index contributed by atoms with van der Waals surface area (Å²) in [4.78, 5) is 11.2. The summed E-state index contributed by atoms with van der Waals surface area (Å²) in [6, 6.07) is 3.82. The molecule has 0 fully saturated rings. The quantitative estimate of drug-likeness (QED) is 0.774. The zero-order chi connectivity index (χ0) is 13.1. The van der Waals surface area contributed by atoms with Crippen molar-refractivity contribution in [3.05, 3.63) is 34.9 Å². The lowest BCUT2D eigenvalue weighted by atomic mass is 10.0. The van der Waals surface area contributed by atoms with Crippen molar-refractivity contribution in [3.8, 4) is 0 Å². The standard InChI is InChI=1S/C12H12BrF3O/c1-2-8-3-9(6-11(17)7-13)5-10(4-8)12(14,15)16/h3-5H,2,6-7H2,1H3. The van der Waals surface area contributed by atoms with Crippen molar-refractivity contribution in [2.45, 2.75) is 25.9 Å². The highest BCUT2D eigenvalue weighted by Gasteiger charge is 2.31. The molecule has 0 aliphatic heterocycles. The van der Waals surface area contributed by atoms with Crippen LogP contribution in [0.3, 0.4) is 0 Å². The van der Waals surface area contributed by atoms with Gasteiger partial charge < -0.3 is 0 Å². The molecule has 94 valence electrons. The molecule has 1 aromatic rings. The van der Waals surface area contributed by atoms with Crippen LogP contribution in [0.4, 0.5) is 13.2 Å². The van der Waals surface area contributed by atoms with Gasteiger partial charge in [0.2, 0.25) is 0 Å². The summed E-state index contributed by atoms with van der Waals surface area (Å²) >= 11 is 2.99. The molecule has 1 rings (SSSR count). The second-order valence-corrected chi connectivity index (χ2v) is 4.30. The van der Waals surface area contributed by atoms with Crippen molar-refractivity contribution in [1.29, 1.82) is 0 Å². The summed E-state index contributed by atoms with van der Waals surface area (Å²) in [7, 11) is 0. The largest absolute Gasteiger partial charge is 0.416 e. The van der Waals surface area contributed by atoms with Crippen molar-refractivity contribution < 1.29 is 18.0 Å². The molecule has 0 spiro atoms. The van der Waals surface area contributed by atoms with Crippen LogP contribution in [0.25, 0.3) is 0 Å². The van der Waals surface area contributed by atoms with E-state index in [1.807, 2.05) is 0 Å². The van der Waals surface area contributed by atoms with E-state index in [-0.39, 0.29) is 17.5 Å². The molecule has 0 amide bonds. The monoisotopic (exact) mass is 308 g/mol. The summed E-state index contributed by atoms with van der Waals surface area (Å²) in [5.41, 5.74) is 0.326. The molecule has 5 heteroatoms. The molecule has 0 atom stereocenters. The topological polar surface area (TPSA) is 17.1 Å². The number of benzene rings is 1. The highest BCUT2D eigenvalue weighted by Crippen LogP contribution is 2.31. The SMILES string of the molecule is CCc1cc(CC(=O)CBr)cc(C(F)(F)F)c1. The van der Waals surface area contributed by atoms with Crippen LogP contribution in [-0.4, -0.2) is 11.1 Å². The molecule has 0 saturated carbocycles. The first-order valence-corrected chi connectivity index (χ1v) is 6.26. The van der Waals surface area contributed by atoms with Gasteiger partial charge in [0.25, 0.3) is 0 Å². The zero-order valence-corrected chi connectivity index (χ0v) is 10.9. The Morgan fingerprint density at radius 1 is 1.24 bits per heavy atom. The van der Waals surface area contributed by atoms with Crippen molar-refractivity contribution in [1.82, 2.24) is 0 Å². The van der Waals surface area contributed by atoms with E-state index in [9.17, 15) is 18.0 Å². The van der Waals surface area contributed by atoms with Gasteiger partial charge in [-0.3, -0.25) is 4.79 Å². The minimum Gasteiger partial charge on any atom is -0.298 e. The third-order valence-electron chi connectivity index (χ3n) is 2.34. The number of hydrogen-bond acceptors (Lipinski definition) is 1. The van der Waals surface area contributed by atoms with Crippen molar-refractivity contribution in [2.24, 2.45) is 0 Å².